The molecule has 118 heavy (non-hydrogen) atoms. The summed E-state index contributed by atoms with van der Waals surface area (Å²) < 4.78 is 26.5. The third-order valence-corrected chi connectivity index (χ3v) is 24.9. The van der Waals surface area contributed by atoms with Gasteiger partial charge in [-0.1, -0.05) is 350 Å². The van der Waals surface area contributed by atoms with Crippen LogP contribution >= 0.6 is 15.9 Å². The van der Waals surface area contributed by atoms with Crippen molar-refractivity contribution < 1.29 is 18.8 Å². The quantitative estimate of drug-likeness (QED) is 0.136. The molecular formula is C106H74BBrN6O4. The van der Waals surface area contributed by atoms with E-state index in [0.717, 1.165) is 88.7 Å². The predicted octanol–water partition coefficient (Wildman–Crippen LogP) is 25.4. The number of benzene rings is 16. The Kier molecular flexibility index (Phi) is 17.6. The van der Waals surface area contributed by atoms with Gasteiger partial charge in [0, 0.05) is 60.1 Å². The molecule has 0 bridgehead atoms. The molecule has 0 atom stereocenters. The first-order valence-electron chi connectivity index (χ1n) is 39.9. The number of para-hydroxylation sites is 4. The van der Waals surface area contributed by atoms with Gasteiger partial charge in [-0.2, -0.15) is 0 Å². The predicted molar refractivity (Wildman–Crippen MR) is 477 cm³/mol. The average molecular weight is 1590 g/mol. The van der Waals surface area contributed by atoms with Gasteiger partial charge in [-0.25, -0.2) is 29.9 Å². The average Bonchev–Trinajstić information content (AvgIpc) is 1.51. The Morgan fingerprint density at radius 1 is 0.237 bits per heavy atom. The smallest absolute Gasteiger partial charge is 0.457 e. The molecule has 1 saturated heterocycles. The number of fused-ring (bicyclic) bond motifs is 20. The normalized spacial score (nSPS) is 14.5. The summed E-state index contributed by atoms with van der Waals surface area (Å²) >= 11 is 3.82. The molecule has 1 fully saturated rings. The minimum Gasteiger partial charge on any atom is -0.457 e. The Morgan fingerprint density at radius 3 is 0.983 bits per heavy atom. The molecule has 23 rings (SSSR count). The Labute approximate surface area is 693 Å². The van der Waals surface area contributed by atoms with Crippen LogP contribution in [-0.4, -0.2) is 48.2 Å². The lowest BCUT2D eigenvalue weighted by atomic mass is 9.66. The zero-order valence-electron chi connectivity index (χ0n) is 65.1. The summed E-state index contributed by atoms with van der Waals surface area (Å²) in [5, 5.41) is 4.91. The molecule has 0 radical (unpaired) electrons. The lowest BCUT2D eigenvalue weighted by Gasteiger charge is -2.39. The van der Waals surface area contributed by atoms with Gasteiger partial charge in [0.15, 0.2) is 34.8 Å². The number of halogens is 1. The van der Waals surface area contributed by atoms with Gasteiger partial charge in [0.2, 0.25) is 0 Å². The number of nitrogens with zero attached hydrogens (tertiary/aromatic N) is 6. The SMILES string of the molecule is Brc1cccc2c1-c1ccccc1C21c2ccccc2Oc2ccccc21.CC1(C)OB(c2nc(-c3ccccc3)nc(-c3ccc(-c4ccc5ccccc5c4)cc3)n2)OC1(C)C.c1ccc(-c2nc(-c3ccc(-c4ccc5ccccc5c4)cc3)nc(-c3cccc4c3-c3ccccc3C43c4ccccc4Oc4ccccc43)n2)cc1. The first-order chi connectivity index (χ1) is 57.9. The Balaban J connectivity index is 0.000000117. The summed E-state index contributed by atoms with van der Waals surface area (Å²) in [5.74, 6) is 6.67. The summed E-state index contributed by atoms with van der Waals surface area (Å²) in [6.07, 6.45) is 0. The Bertz CT molecular complexity index is 6890. The highest BCUT2D eigenvalue weighted by Crippen LogP contribution is 2.65. The fraction of sp³-hybridized carbons (Fsp3) is 0.0755. The standard InChI is InChI=1S/C50H31N3O.C31H28BN3O2.C25H15BrO/c1-2-14-34(15-3-1)47-51-48(35-28-25-33(26-29-35)37-30-27-32-13-4-5-16-36(32)31-37)53-49(52-47)39-18-12-22-43-46(39)38-17-6-7-19-40(38)50(43)41-20-8-10-23-44(41)54-45-24-11-9-21-42(45)50;1-30(2)31(3,4)37-32(36-30)29-34-27(23-11-6-5-7-12-23)33-28(35-29)24-17-14-22(15-18-24)26-19-16-21-10-8-9-13-25(21)20-26;26-21-13-7-12-20-24(21)16-8-1-2-9-17(16)25(20)18-10-3-5-14-22(18)27-23-15-6-4-11-19(23)25/h1-31H;5-20H,1-4H3;1-15H. The largest absolute Gasteiger partial charge is 0.534 e. The molecule has 2 aromatic heterocycles. The van der Waals surface area contributed by atoms with Gasteiger partial charge >= 0.3 is 7.12 Å². The number of rotatable bonds is 8. The summed E-state index contributed by atoms with van der Waals surface area (Å²) in [6.45, 7) is 8.11. The van der Waals surface area contributed by atoms with Gasteiger partial charge in [-0.05, 0) is 153 Å². The zero-order valence-corrected chi connectivity index (χ0v) is 66.7. The van der Waals surface area contributed by atoms with Crippen molar-refractivity contribution in [2.75, 3.05) is 0 Å². The van der Waals surface area contributed by atoms with E-state index >= 15 is 0 Å². The van der Waals surface area contributed by atoms with Gasteiger partial charge in [-0.15, -0.1) is 0 Å². The summed E-state index contributed by atoms with van der Waals surface area (Å²) in [4.78, 5) is 30.0. The van der Waals surface area contributed by atoms with E-state index in [-0.39, 0.29) is 5.41 Å². The molecule has 18 aromatic rings. The number of aromatic nitrogens is 6. The van der Waals surface area contributed by atoms with Gasteiger partial charge in [0.1, 0.15) is 23.0 Å². The van der Waals surface area contributed by atoms with Crippen molar-refractivity contribution in [1.29, 1.82) is 0 Å². The molecule has 0 amide bonds. The second-order valence-electron chi connectivity index (χ2n) is 31.4. The lowest BCUT2D eigenvalue weighted by Crippen LogP contribution is -2.41. The van der Waals surface area contributed by atoms with Crippen LogP contribution in [0.3, 0.4) is 0 Å². The van der Waals surface area contributed by atoms with Gasteiger partial charge in [0.05, 0.1) is 22.0 Å². The van der Waals surface area contributed by atoms with Crippen LogP contribution < -0.4 is 15.2 Å². The van der Waals surface area contributed by atoms with E-state index in [1.165, 1.54) is 77.2 Å². The van der Waals surface area contributed by atoms with Gasteiger partial charge < -0.3 is 18.8 Å². The topological polar surface area (TPSA) is 114 Å². The fourth-order valence-electron chi connectivity index (χ4n) is 17.9. The molecule has 0 unspecified atom stereocenters. The Morgan fingerprint density at radius 2 is 0.542 bits per heavy atom. The van der Waals surface area contributed by atoms with Crippen molar-refractivity contribution in [3.8, 4) is 124 Å². The van der Waals surface area contributed by atoms with E-state index in [0.29, 0.717) is 34.8 Å². The molecule has 5 heterocycles. The molecule has 3 aliphatic heterocycles. The summed E-state index contributed by atoms with van der Waals surface area (Å²) in [5.41, 5.74) is 22.4. The molecule has 12 heteroatoms. The highest BCUT2D eigenvalue weighted by atomic mass is 79.9. The third-order valence-electron chi connectivity index (χ3n) is 24.2. The minimum atomic E-state index is -0.675. The van der Waals surface area contributed by atoms with Crippen LogP contribution in [0.5, 0.6) is 23.0 Å². The maximum atomic E-state index is 6.56. The monoisotopic (exact) mass is 1580 g/mol. The van der Waals surface area contributed by atoms with E-state index in [2.05, 4.69) is 319 Å². The summed E-state index contributed by atoms with van der Waals surface area (Å²) in [7, 11) is -0.675. The number of hydrogen-bond donors (Lipinski definition) is 0. The first kappa shape index (κ1) is 71.9. The molecule has 0 saturated carbocycles. The van der Waals surface area contributed by atoms with Crippen LogP contribution in [0.4, 0.5) is 0 Å². The minimum absolute atomic E-state index is 0.360. The van der Waals surface area contributed by atoms with Crippen molar-refractivity contribution >= 4 is 50.3 Å². The second-order valence-corrected chi connectivity index (χ2v) is 32.3. The lowest BCUT2D eigenvalue weighted by molar-refractivity contribution is 0.00578. The third kappa shape index (κ3) is 12.0. The van der Waals surface area contributed by atoms with Crippen LogP contribution in [-0.2, 0) is 20.1 Å². The molecule has 2 spiro atoms. The maximum Gasteiger partial charge on any atom is 0.534 e. The molecule has 0 N–H and O–H groups in total. The van der Waals surface area contributed by atoms with Gasteiger partial charge in [-0.3, -0.25) is 0 Å². The molecule has 2 aliphatic carbocycles. The van der Waals surface area contributed by atoms with Crippen molar-refractivity contribution in [3.05, 3.63) is 425 Å². The van der Waals surface area contributed by atoms with Crippen LogP contribution in [0, 0.1) is 0 Å². The Hall–Kier alpha value is -13.9. The first-order valence-corrected chi connectivity index (χ1v) is 40.7. The fourth-order valence-corrected chi connectivity index (χ4v) is 18.5. The van der Waals surface area contributed by atoms with Crippen LogP contribution in [0.25, 0.3) is 123 Å². The molecular weight excluding hydrogens is 1510 g/mol. The molecule has 562 valence electrons. The zero-order chi connectivity index (χ0) is 79.3. The highest BCUT2D eigenvalue weighted by Gasteiger charge is 2.55. The van der Waals surface area contributed by atoms with Crippen LogP contribution in [0.2, 0.25) is 0 Å². The van der Waals surface area contributed by atoms with E-state index in [4.69, 9.17) is 48.7 Å². The van der Waals surface area contributed by atoms with E-state index in [1.807, 2.05) is 100 Å². The molecule has 16 aromatic carbocycles. The number of hydrogen-bond acceptors (Lipinski definition) is 10. The molecule has 10 nitrogen and oxygen atoms in total. The second kappa shape index (κ2) is 28.8. The van der Waals surface area contributed by atoms with E-state index < -0.39 is 23.7 Å². The maximum absolute atomic E-state index is 6.56. The van der Waals surface area contributed by atoms with Crippen molar-refractivity contribution in [2.24, 2.45) is 0 Å². The van der Waals surface area contributed by atoms with Crippen molar-refractivity contribution in [1.82, 2.24) is 29.9 Å². The van der Waals surface area contributed by atoms with Crippen LogP contribution in [0.1, 0.15) is 72.2 Å². The number of ether oxygens (including phenoxy) is 2. The van der Waals surface area contributed by atoms with Crippen LogP contribution in [0.15, 0.2) is 381 Å². The van der Waals surface area contributed by atoms with E-state index in [1.54, 1.807) is 0 Å². The highest BCUT2D eigenvalue weighted by molar-refractivity contribution is 9.10. The van der Waals surface area contributed by atoms with Gasteiger partial charge in [0.25, 0.3) is 0 Å². The summed E-state index contributed by atoms with van der Waals surface area (Å²) in [6, 6.07) is 131. The van der Waals surface area contributed by atoms with Crippen molar-refractivity contribution in [3.63, 3.8) is 0 Å². The van der Waals surface area contributed by atoms with E-state index in [9.17, 15) is 0 Å². The van der Waals surface area contributed by atoms with Crippen molar-refractivity contribution in [2.45, 2.75) is 49.7 Å². The molecule has 5 aliphatic rings.